The van der Waals surface area contributed by atoms with E-state index < -0.39 is 22.4 Å². The number of hydrogen-bond donors (Lipinski definition) is 2. The molecule has 0 aromatic rings. The molecule has 2 unspecified atom stereocenters. The number of nitrogens with one attached hydrogen (secondary N) is 1. The molecule has 17 heteroatoms. The monoisotopic (exact) mass is 719 g/mol. The van der Waals surface area contributed by atoms with E-state index in [1.165, 1.54) is 11.8 Å². The van der Waals surface area contributed by atoms with Crippen molar-refractivity contribution in [2.75, 3.05) is 98.4 Å². The molecule has 0 heterocycles. The van der Waals surface area contributed by atoms with E-state index in [9.17, 15) is 13.9 Å². The molecule has 0 saturated heterocycles. The van der Waals surface area contributed by atoms with Crippen LogP contribution in [0.5, 0.6) is 0 Å². The molecular weight excluding hydrogens is 679 g/mol. The highest BCUT2D eigenvalue weighted by atomic mass is 32.2. The second kappa shape index (κ2) is 33.7. The average molecular weight is 720 g/mol. The molecule has 0 aliphatic carbocycles. The summed E-state index contributed by atoms with van der Waals surface area (Å²) in [5.74, 6) is 7.25. The Morgan fingerprint density at radius 3 is 2.00 bits per heavy atom. The lowest BCUT2D eigenvalue weighted by atomic mass is 10.8. The largest absolute Gasteiger partial charge is 0.611 e. The number of hydrogen-bond acceptors (Lipinski definition) is 14. The molecule has 0 fully saturated rings. The topological polar surface area (TPSA) is 120 Å². The van der Waals surface area contributed by atoms with Crippen LogP contribution in [0.1, 0.15) is 6.92 Å². The lowest BCUT2D eigenvalue weighted by Crippen LogP contribution is -2.22. The Labute approximate surface area is 270 Å². The van der Waals surface area contributed by atoms with Crippen LogP contribution in [0.4, 0.5) is 4.79 Å². The highest BCUT2D eigenvalue weighted by Crippen LogP contribution is 2.19. The zero-order valence-corrected chi connectivity index (χ0v) is 30.0. The first kappa shape index (κ1) is 40.2. The van der Waals surface area contributed by atoms with Crippen LogP contribution in [0.3, 0.4) is 0 Å². The number of carbonyl (C=O) groups excluding carboxylic acids is 1. The number of aliphatic hydroxyl groups excluding tert-OH is 1. The molecule has 0 aliphatic rings. The van der Waals surface area contributed by atoms with E-state index in [1.807, 2.05) is 77.5 Å². The fourth-order valence-electron chi connectivity index (χ4n) is 1.97. The van der Waals surface area contributed by atoms with Crippen molar-refractivity contribution >= 4 is 133 Å². The summed E-state index contributed by atoms with van der Waals surface area (Å²) in [5.41, 5.74) is 3.10. The van der Waals surface area contributed by atoms with Gasteiger partial charge in [-0.1, -0.05) is 11.8 Å². The van der Waals surface area contributed by atoms with Gasteiger partial charge < -0.3 is 19.5 Å². The van der Waals surface area contributed by atoms with Crippen molar-refractivity contribution in [3.8, 4) is 0 Å². The molecule has 0 aromatic heterocycles. The highest BCUT2D eigenvalue weighted by Gasteiger charge is 2.04. The lowest BCUT2D eigenvalue weighted by molar-refractivity contribution is 0.261. The van der Waals surface area contributed by atoms with E-state index in [1.54, 1.807) is 22.9 Å². The smallest absolute Gasteiger partial charge is 0.279 e. The first-order valence-corrected chi connectivity index (χ1v) is 23.7. The van der Waals surface area contributed by atoms with Crippen molar-refractivity contribution in [2.45, 2.75) is 6.92 Å². The Kier molecular flexibility index (Phi) is 35.6. The average Bonchev–Trinajstić information content (AvgIpc) is 2.91. The summed E-state index contributed by atoms with van der Waals surface area (Å²) in [6.45, 7) is 4.17. The minimum atomic E-state index is -1.00. The van der Waals surface area contributed by atoms with Crippen molar-refractivity contribution in [1.29, 1.82) is 0 Å². The molecule has 38 heavy (non-hydrogen) atoms. The molecule has 0 aliphatic heterocycles. The first-order valence-electron chi connectivity index (χ1n) is 11.9. The van der Waals surface area contributed by atoms with Crippen LogP contribution < -0.4 is 5.32 Å². The summed E-state index contributed by atoms with van der Waals surface area (Å²) in [5, 5.41) is 15.8. The Morgan fingerprint density at radius 2 is 1.34 bits per heavy atom. The fraction of sp³-hybridized carbons (Fsp3) is 0.857. The van der Waals surface area contributed by atoms with Gasteiger partial charge in [-0.15, -0.1) is 58.8 Å². The standard InChI is InChI=1S/C21H41N3O4S10/c1-2-22-15-37(27)14-12-33-20-35-19-32-9-10-36-21(26)24-4-7-31-18-34-17-30-6-3-23-16-38(28)13-11-29-8-5-25/h15-16,25H,2-14,17-20H2,1H3,(H,24,26)/b22-15+,23-16+. The maximum atomic E-state index is 11.9. The molecule has 2 atom stereocenters. The Morgan fingerprint density at radius 1 is 0.763 bits per heavy atom. The quantitative estimate of drug-likeness (QED) is 0.0374. The van der Waals surface area contributed by atoms with Gasteiger partial charge in [-0.2, -0.15) is 23.5 Å². The highest BCUT2D eigenvalue weighted by molar-refractivity contribution is 8.23. The van der Waals surface area contributed by atoms with Gasteiger partial charge >= 0.3 is 0 Å². The van der Waals surface area contributed by atoms with Crippen molar-refractivity contribution in [3.05, 3.63) is 0 Å². The molecule has 1 amide bonds. The molecule has 0 bridgehead atoms. The van der Waals surface area contributed by atoms with Crippen LogP contribution in [-0.2, 0) is 22.4 Å². The van der Waals surface area contributed by atoms with Gasteiger partial charge in [-0.25, -0.2) is 9.98 Å². The molecule has 224 valence electrons. The zero-order chi connectivity index (χ0) is 27.9. The van der Waals surface area contributed by atoms with Crippen LogP contribution in [0.25, 0.3) is 0 Å². The maximum absolute atomic E-state index is 11.9. The van der Waals surface area contributed by atoms with Crippen LogP contribution >= 0.6 is 94.1 Å². The molecular formula is C21H41N3O4S10. The van der Waals surface area contributed by atoms with E-state index in [0.29, 0.717) is 36.9 Å². The fourth-order valence-corrected chi connectivity index (χ4v) is 12.6. The molecule has 0 spiro atoms. The van der Waals surface area contributed by atoms with E-state index in [-0.39, 0.29) is 11.8 Å². The van der Waals surface area contributed by atoms with Crippen molar-refractivity contribution in [3.63, 3.8) is 0 Å². The van der Waals surface area contributed by atoms with Crippen molar-refractivity contribution in [2.24, 2.45) is 9.98 Å². The number of rotatable bonds is 28. The summed E-state index contributed by atoms with van der Waals surface area (Å²) >= 11 is 12.1. The Hall–Kier alpha value is 2.19. The van der Waals surface area contributed by atoms with Crippen LogP contribution in [0, 0.1) is 0 Å². The van der Waals surface area contributed by atoms with Gasteiger partial charge in [0.2, 0.25) is 11.1 Å². The predicted molar refractivity (Wildman–Crippen MR) is 193 cm³/mol. The van der Waals surface area contributed by atoms with Gasteiger partial charge in [0.15, 0.2) is 0 Å². The SMILES string of the molecule is CC/N=C/[S+]([O-])CCSCSCSCCSC(=O)NCCSCSCSCC/N=C/[S+]([O-])CCSCCO. The van der Waals surface area contributed by atoms with Gasteiger partial charge in [0.05, 0.1) is 13.2 Å². The number of thioether (sulfide) groups is 8. The molecule has 0 rings (SSSR count). The zero-order valence-electron chi connectivity index (χ0n) is 21.8. The first-order chi connectivity index (χ1) is 18.6. The van der Waals surface area contributed by atoms with Crippen LogP contribution in [0.15, 0.2) is 9.98 Å². The van der Waals surface area contributed by atoms with Crippen LogP contribution in [0.2, 0.25) is 0 Å². The molecule has 2 N–H and O–H groups in total. The third-order valence-corrected chi connectivity index (χ3v) is 15.5. The predicted octanol–water partition coefficient (Wildman–Crippen LogP) is 4.96. The Balaban J connectivity index is 3.30. The number of aliphatic hydroxyl groups is 1. The molecule has 0 radical (unpaired) electrons. The third-order valence-electron chi connectivity index (χ3n) is 3.67. The second-order valence-corrected chi connectivity index (χ2v) is 19.6. The van der Waals surface area contributed by atoms with Crippen molar-refractivity contribution in [1.82, 2.24) is 5.32 Å². The summed E-state index contributed by atoms with van der Waals surface area (Å²) in [7, 11) is 0. The molecule has 0 aromatic carbocycles. The minimum absolute atomic E-state index is 0.0580. The number of aliphatic imine (C=N–C) groups is 2. The number of carbonyl (C=O) groups is 1. The maximum Gasteiger partial charge on any atom is 0.279 e. The van der Waals surface area contributed by atoms with E-state index in [4.69, 9.17) is 5.11 Å². The molecule has 0 saturated carbocycles. The third kappa shape index (κ3) is 32.7. The van der Waals surface area contributed by atoms with E-state index in [0.717, 1.165) is 54.9 Å². The lowest BCUT2D eigenvalue weighted by Gasteiger charge is -2.06. The van der Waals surface area contributed by atoms with Crippen LogP contribution in [-0.4, -0.2) is 129 Å². The summed E-state index contributed by atoms with van der Waals surface area (Å²) in [4.78, 5) is 20.1. The van der Waals surface area contributed by atoms with E-state index in [2.05, 4.69) is 15.3 Å². The van der Waals surface area contributed by atoms with E-state index >= 15 is 0 Å². The summed E-state index contributed by atoms with van der Waals surface area (Å²) in [6, 6.07) is 0. The normalized spacial score (nSPS) is 13.5. The summed E-state index contributed by atoms with van der Waals surface area (Å²) < 4.78 is 23.3. The number of nitrogens with zero attached hydrogens (tertiary/aromatic N) is 2. The second-order valence-electron chi connectivity index (χ2n) is 6.70. The summed E-state index contributed by atoms with van der Waals surface area (Å²) in [6.07, 6.45) is 0. The van der Waals surface area contributed by atoms with Crippen molar-refractivity contribution < 1.29 is 19.0 Å². The Bertz CT molecular complexity index is 585. The van der Waals surface area contributed by atoms with Gasteiger partial charge in [-0.05, 0) is 29.3 Å². The minimum Gasteiger partial charge on any atom is -0.611 e. The number of amides is 1. The van der Waals surface area contributed by atoms with Gasteiger partial charge in [-0.3, -0.25) is 4.79 Å². The van der Waals surface area contributed by atoms with Gasteiger partial charge in [0.25, 0.3) is 5.24 Å². The van der Waals surface area contributed by atoms with Gasteiger partial charge in [0, 0.05) is 73.7 Å². The molecule has 7 nitrogen and oxygen atoms in total. The van der Waals surface area contributed by atoms with Gasteiger partial charge in [0.1, 0.15) is 11.5 Å².